The quantitative estimate of drug-likeness (QED) is 0.926. The zero-order valence-electron chi connectivity index (χ0n) is 11.2. The molecule has 22 heavy (non-hydrogen) atoms. The monoisotopic (exact) mass is 328 g/mol. The Morgan fingerprint density at radius 3 is 2.73 bits per heavy atom. The highest BCUT2D eigenvalue weighted by Crippen LogP contribution is 2.25. The number of hydrogen-bond donors (Lipinski definition) is 1. The molecule has 1 aromatic carbocycles. The highest BCUT2D eigenvalue weighted by molar-refractivity contribution is 7.90. The minimum absolute atomic E-state index is 0.111. The zero-order chi connectivity index (χ0) is 15.9. The fourth-order valence-corrected chi connectivity index (χ4v) is 3.22. The third-order valence-electron chi connectivity index (χ3n) is 3.00. The number of aromatic nitrogens is 2. The van der Waals surface area contributed by atoms with Crippen molar-refractivity contribution in [1.82, 2.24) is 14.9 Å². The number of aliphatic imine (C=N–C) groups is 1. The van der Waals surface area contributed by atoms with E-state index in [1.54, 1.807) is 18.2 Å². The molecule has 0 radical (unpaired) electrons. The molecule has 7 nitrogen and oxygen atoms in total. The van der Waals surface area contributed by atoms with E-state index in [2.05, 4.69) is 19.9 Å². The number of fused-ring (bicyclic) bond motifs is 1. The first kappa shape index (κ1) is 14.6. The molecule has 1 aliphatic rings. The van der Waals surface area contributed by atoms with Gasteiger partial charge in [-0.1, -0.05) is 17.3 Å². The summed E-state index contributed by atoms with van der Waals surface area (Å²) in [6, 6.07) is 5.54. The Balaban J connectivity index is 1.96. The van der Waals surface area contributed by atoms with Crippen LogP contribution in [0.15, 0.2) is 38.7 Å². The molecule has 0 amide bonds. The molecule has 1 aromatic heterocycles. The summed E-state index contributed by atoms with van der Waals surface area (Å²) in [5, 5.41) is 3.14. The van der Waals surface area contributed by atoms with Gasteiger partial charge in [0.05, 0.1) is 4.90 Å². The summed E-state index contributed by atoms with van der Waals surface area (Å²) >= 11 is 0. The minimum Gasteiger partial charge on any atom is -0.337 e. The standard InChI is InChI=1S/C12H10F2N4O3S/c1-6(12-16-11(9(13)14)17-21-12)15-10-7-4-2-3-5-8(7)22(19,20)18-10/h2-6,9H,1H3,(H,15,18). The Morgan fingerprint density at radius 1 is 1.32 bits per heavy atom. The molecule has 0 saturated carbocycles. The van der Waals surface area contributed by atoms with Gasteiger partial charge in [-0.25, -0.2) is 17.2 Å². The van der Waals surface area contributed by atoms with E-state index < -0.39 is 28.3 Å². The van der Waals surface area contributed by atoms with Gasteiger partial charge in [0, 0.05) is 5.56 Å². The number of sulfonamides is 1. The summed E-state index contributed by atoms with van der Waals surface area (Å²) in [7, 11) is -3.66. The lowest BCUT2D eigenvalue weighted by Crippen LogP contribution is -2.22. The van der Waals surface area contributed by atoms with E-state index in [0.717, 1.165) is 0 Å². The van der Waals surface area contributed by atoms with Crippen molar-refractivity contribution in [1.29, 1.82) is 0 Å². The Hall–Kier alpha value is -2.36. The van der Waals surface area contributed by atoms with Gasteiger partial charge in [0.15, 0.2) is 0 Å². The molecule has 1 unspecified atom stereocenters. The lowest BCUT2D eigenvalue weighted by Gasteiger charge is -2.03. The fourth-order valence-electron chi connectivity index (χ4n) is 1.98. The van der Waals surface area contributed by atoms with Crippen molar-refractivity contribution in [3.63, 3.8) is 0 Å². The number of hydrogen-bond acceptors (Lipinski definition) is 6. The topological polar surface area (TPSA) is 97.5 Å². The lowest BCUT2D eigenvalue weighted by atomic mass is 10.2. The van der Waals surface area contributed by atoms with Gasteiger partial charge in [-0.3, -0.25) is 9.71 Å². The third-order valence-corrected chi connectivity index (χ3v) is 4.39. The van der Waals surface area contributed by atoms with Crippen LogP contribution in [-0.4, -0.2) is 24.4 Å². The van der Waals surface area contributed by atoms with Gasteiger partial charge < -0.3 is 4.52 Å². The van der Waals surface area contributed by atoms with Gasteiger partial charge >= 0.3 is 6.43 Å². The van der Waals surface area contributed by atoms with Crippen molar-refractivity contribution in [2.45, 2.75) is 24.3 Å². The second kappa shape index (κ2) is 5.13. The maximum atomic E-state index is 12.4. The van der Waals surface area contributed by atoms with Crippen LogP contribution in [-0.2, 0) is 10.0 Å². The molecule has 0 bridgehead atoms. The average molecular weight is 328 g/mol. The summed E-state index contributed by atoms with van der Waals surface area (Å²) < 4.78 is 55.8. The number of amidine groups is 1. The molecule has 10 heteroatoms. The van der Waals surface area contributed by atoms with Crippen molar-refractivity contribution >= 4 is 15.9 Å². The molecule has 0 fully saturated rings. The van der Waals surface area contributed by atoms with E-state index in [4.69, 9.17) is 4.52 Å². The highest BCUT2D eigenvalue weighted by atomic mass is 32.2. The van der Waals surface area contributed by atoms with Crippen LogP contribution in [0.3, 0.4) is 0 Å². The predicted molar refractivity (Wildman–Crippen MR) is 71.0 cm³/mol. The zero-order valence-corrected chi connectivity index (χ0v) is 12.0. The largest absolute Gasteiger partial charge is 0.337 e. The first-order valence-electron chi connectivity index (χ1n) is 6.20. The second-order valence-electron chi connectivity index (χ2n) is 4.55. The van der Waals surface area contributed by atoms with Crippen LogP contribution in [0.25, 0.3) is 0 Å². The Kier molecular flexibility index (Phi) is 3.39. The number of alkyl halides is 2. The maximum absolute atomic E-state index is 12.4. The van der Waals surface area contributed by atoms with E-state index >= 15 is 0 Å². The van der Waals surface area contributed by atoms with E-state index in [1.807, 2.05) is 0 Å². The number of rotatable bonds is 3. The first-order chi connectivity index (χ1) is 10.4. The summed E-state index contributed by atoms with van der Waals surface area (Å²) in [5.41, 5.74) is 0.406. The van der Waals surface area contributed by atoms with Crippen molar-refractivity contribution in [2.24, 2.45) is 4.99 Å². The second-order valence-corrected chi connectivity index (χ2v) is 6.20. The van der Waals surface area contributed by atoms with Crippen LogP contribution in [0.2, 0.25) is 0 Å². The Morgan fingerprint density at radius 2 is 2.05 bits per heavy atom. The minimum atomic E-state index is -3.66. The molecule has 2 heterocycles. The number of halogens is 2. The number of benzene rings is 1. The van der Waals surface area contributed by atoms with Crippen LogP contribution in [0, 0.1) is 0 Å². The highest BCUT2D eigenvalue weighted by Gasteiger charge is 2.31. The normalized spacial score (nSPS) is 19.2. The number of nitrogens with one attached hydrogen (secondary N) is 1. The molecule has 1 aliphatic heterocycles. The summed E-state index contributed by atoms with van der Waals surface area (Å²) in [5.74, 6) is -0.735. The van der Waals surface area contributed by atoms with Crippen molar-refractivity contribution in [3.05, 3.63) is 41.5 Å². The number of nitrogens with zero attached hydrogens (tertiary/aromatic N) is 3. The molecule has 1 atom stereocenters. The Labute approximate surface area is 124 Å². The van der Waals surface area contributed by atoms with Crippen LogP contribution < -0.4 is 4.72 Å². The van der Waals surface area contributed by atoms with E-state index in [0.29, 0.717) is 5.56 Å². The first-order valence-corrected chi connectivity index (χ1v) is 7.68. The van der Waals surface area contributed by atoms with Crippen LogP contribution >= 0.6 is 0 Å². The fraction of sp³-hybridized carbons (Fsp3) is 0.250. The summed E-state index contributed by atoms with van der Waals surface area (Å²) in [6.07, 6.45) is -2.84. The molecule has 0 saturated heterocycles. The maximum Gasteiger partial charge on any atom is 0.300 e. The van der Waals surface area contributed by atoms with Crippen molar-refractivity contribution in [3.8, 4) is 0 Å². The molecule has 2 aromatic rings. The molecular weight excluding hydrogens is 318 g/mol. The molecule has 116 valence electrons. The predicted octanol–water partition coefficient (Wildman–Crippen LogP) is 1.81. The van der Waals surface area contributed by atoms with Crippen LogP contribution in [0.5, 0.6) is 0 Å². The van der Waals surface area contributed by atoms with Gasteiger partial charge in [-0.15, -0.1) is 0 Å². The van der Waals surface area contributed by atoms with Crippen molar-refractivity contribution in [2.75, 3.05) is 0 Å². The van der Waals surface area contributed by atoms with Gasteiger partial charge in [-0.2, -0.15) is 4.98 Å². The van der Waals surface area contributed by atoms with Gasteiger partial charge in [0.25, 0.3) is 15.9 Å². The van der Waals surface area contributed by atoms with Gasteiger partial charge in [0.1, 0.15) is 11.9 Å². The van der Waals surface area contributed by atoms with Gasteiger partial charge in [-0.05, 0) is 19.1 Å². The van der Waals surface area contributed by atoms with Crippen LogP contribution in [0.1, 0.15) is 36.7 Å². The van der Waals surface area contributed by atoms with E-state index in [9.17, 15) is 17.2 Å². The smallest absolute Gasteiger partial charge is 0.300 e. The van der Waals surface area contributed by atoms with E-state index in [-0.39, 0.29) is 16.6 Å². The summed E-state index contributed by atoms with van der Waals surface area (Å²) in [6.45, 7) is 1.53. The molecule has 0 aliphatic carbocycles. The van der Waals surface area contributed by atoms with Crippen molar-refractivity contribution < 1.29 is 21.7 Å². The average Bonchev–Trinajstić information content (AvgIpc) is 3.04. The van der Waals surface area contributed by atoms with Gasteiger partial charge in [0.2, 0.25) is 5.82 Å². The molecule has 1 N–H and O–H groups in total. The molecule has 3 rings (SSSR count). The molecular formula is C12H10F2N4O3S. The van der Waals surface area contributed by atoms with Crippen LogP contribution in [0.4, 0.5) is 8.78 Å². The summed E-state index contributed by atoms with van der Waals surface area (Å²) in [4.78, 5) is 7.78. The SMILES string of the molecule is CC(N=C1NS(=O)(=O)c2ccccc21)c1nc(C(F)F)no1. The Bertz CT molecular complexity index is 848. The van der Waals surface area contributed by atoms with E-state index in [1.165, 1.54) is 13.0 Å². The lowest BCUT2D eigenvalue weighted by molar-refractivity contribution is 0.136. The third kappa shape index (κ3) is 2.45. The molecule has 0 spiro atoms.